The number of hydrogen-bond donors (Lipinski definition) is 0. The molecule has 0 atom stereocenters. The Morgan fingerprint density at radius 2 is 2.08 bits per heavy atom. The highest BCUT2D eigenvalue weighted by molar-refractivity contribution is 5.91. The van der Waals surface area contributed by atoms with Gasteiger partial charge in [0, 0.05) is 18.2 Å². The van der Waals surface area contributed by atoms with Crippen molar-refractivity contribution >= 4 is 11.6 Å². The molecule has 134 valence electrons. The first-order valence-corrected chi connectivity index (χ1v) is 8.81. The molecule has 3 aromatic rings. The van der Waals surface area contributed by atoms with Gasteiger partial charge in [0.15, 0.2) is 5.88 Å². The molecule has 0 aromatic carbocycles. The van der Waals surface area contributed by atoms with E-state index in [4.69, 9.17) is 14.5 Å². The summed E-state index contributed by atoms with van der Waals surface area (Å²) < 4.78 is 12.9. The highest BCUT2D eigenvalue weighted by Crippen LogP contribution is 2.45. The largest absolute Gasteiger partial charge is 0.482 e. The van der Waals surface area contributed by atoms with E-state index in [1.807, 2.05) is 36.4 Å². The van der Waals surface area contributed by atoms with E-state index in [0.29, 0.717) is 23.0 Å². The molecule has 0 aliphatic heterocycles. The molecule has 0 unspecified atom stereocenters. The number of fused-ring (bicyclic) bond motifs is 1. The topological polar surface area (TPSA) is 65.7 Å². The van der Waals surface area contributed by atoms with Crippen LogP contribution in [0.25, 0.3) is 17.0 Å². The molecule has 3 aromatic heterocycles. The second kappa shape index (κ2) is 6.44. The van der Waals surface area contributed by atoms with Gasteiger partial charge in [0.05, 0.1) is 30.2 Å². The maximum atomic E-state index is 12.3. The van der Waals surface area contributed by atoms with Crippen LogP contribution in [0.5, 0.6) is 5.88 Å². The number of carbonyl (C=O) groups is 1. The predicted octanol–water partition coefficient (Wildman–Crippen LogP) is 3.85. The molecule has 3 heterocycles. The zero-order valence-corrected chi connectivity index (χ0v) is 15.1. The molecule has 0 saturated heterocycles. The lowest BCUT2D eigenvalue weighted by atomic mass is 10.1. The smallest absolute Gasteiger partial charge is 0.338 e. The van der Waals surface area contributed by atoms with Crippen LogP contribution in [-0.2, 0) is 4.74 Å². The third kappa shape index (κ3) is 2.92. The van der Waals surface area contributed by atoms with Gasteiger partial charge in [0.1, 0.15) is 11.3 Å². The van der Waals surface area contributed by atoms with Crippen LogP contribution in [-0.4, -0.2) is 33.6 Å². The van der Waals surface area contributed by atoms with E-state index in [-0.39, 0.29) is 12.1 Å². The normalized spacial score (nSPS) is 14.0. The maximum Gasteiger partial charge on any atom is 0.338 e. The van der Waals surface area contributed by atoms with Crippen molar-refractivity contribution in [3.8, 4) is 17.3 Å². The summed E-state index contributed by atoms with van der Waals surface area (Å²) in [6.45, 7) is 3.65. The average molecular weight is 351 g/mol. The first-order chi connectivity index (χ1) is 12.6. The Balaban J connectivity index is 1.92. The fourth-order valence-corrected chi connectivity index (χ4v) is 3.13. The standard InChI is InChI=1S/C20H21N3O3/c1-12(2)26-20(24)14-10-16-22-18(15-6-4-5-9-21-15)19(13-7-8-13)23(16)17(11-14)25-3/h4-6,9-13H,7-8H2,1-3H3. The summed E-state index contributed by atoms with van der Waals surface area (Å²) in [5, 5.41) is 0. The number of ether oxygens (including phenoxy) is 2. The number of rotatable bonds is 5. The molecule has 1 aliphatic carbocycles. The van der Waals surface area contributed by atoms with Crippen LogP contribution in [0.2, 0.25) is 0 Å². The van der Waals surface area contributed by atoms with Crippen molar-refractivity contribution in [3.05, 3.63) is 47.8 Å². The average Bonchev–Trinajstić information content (AvgIpc) is 3.40. The summed E-state index contributed by atoms with van der Waals surface area (Å²) in [6, 6.07) is 9.26. The molecular formula is C20H21N3O3. The number of pyridine rings is 2. The summed E-state index contributed by atoms with van der Waals surface area (Å²) in [5.41, 5.74) is 3.87. The minimum Gasteiger partial charge on any atom is -0.482 e. The van der Waals surface area contributed by atoms with Gasteiger partial charge in [-0.05, 0) is 44.9 Å². The maximum absolute atomic E-state index is 12.3. The van der Waals surface area contributed by atoms with Crippen molar-refractivity contribution in [2.24, 2.45) is 0 Å². The molecule has 1 aliphatic rings. The van der Waals surface area contributed by atoms with E-state index in [0.717, 1.165) is 29.9 Å². The van der Waals surface area contributed by atoms with Gasteiger partial charge >= 0.3 is 5.97 Å². The van der Waals surface area contributed by atoms with Gasteiger partial charge in [-0.25, -0.2) is 9.78 Å². The van der Waals surface area contributed by atoms with E-state index < -0.39 is 0 Å². The van der Waals surface area contributed by atoms with Crippen molar-refractivity contribution < 1.29 is 14.3 Å². The van der Waals surface area contributed by atoms with Crippen LogP contribution in [0.1, 0.15) is 48.7 Å². The van der Waals surface area contributed by atoms with Gasteiger partial charge < -0.3 is 9.47 Å². The molecule has 1 fully saturated rings. The number of hydrogen-bond acceptors (Lipinski definition) is 5. The minimum atomic E-state index is -0.379. The second-order valence-corrected chi connectivity index (χ2v) is 6.77. The van der Waals surface area contributed by atoms with Crippen molar-refractivity contribution in [2.45, 2.75) is 38.7 Å². The van der Waals surface area contributed by atoms with Gasteiger partial charge in [-0.3, -0.25) is 9.38 Å². The summed E-state index contributed by atoms with van der Waals surface area (Å²) in [6.07, 6.45) is 3.82. The van der Waals surface area contributed by atoms with Crippen molar-refractivity contribution in [2.75, 3.05) is 7.11 Å². The fourth-order valence-electron chi connectivity index (χ4n) is 3.13. The Morgan fingerprint density at radius 3 is 2.69 bits per heavy atom. The van der Waals surface area contributed by atoms with E-state index >= 15 is 0 Å². The van der Waals surface area contributed by atoms with Crippen molar-refractivity contribution in [1.82, 2.24) is 14.4 Å². The third-order valence-corrected chi connectivity index (χ3v) is 4.38. The molecule has 26 heavy (non-hydrogen) atoms. The first-order valence-electron chi connectivity index (χ1n) is 8.81. The summed E-state index contributed by atoms with van der Waals surface area (Å²) in [4.78, 5) is 21.6. The SMILES string of the molecule is COc1cc(C(=O)OC(C)C)cc2nc(-c3ccccn3)c(C3CC3)n12. The Kier molecular flexibility index (Phi) is 4.11. The summed E-state index contributed by atoms with van der Waals surface area (Å²) >= 11 is 0. The lowest BCUT2D eigenvalue weighted by molar-refractivity contribution is 0.0377. The summed E-state index contributed by atoms with van der Waals surface area (Å²) in [5.74, 6) is 0.635. The first kappa shape index (κ1) is 16.6. The number of nitrogens with zero attached hydrogens (tertiary/aromatic N) is 3. The van der Waals surface area contributed by atoms with E-state index in [1.165, 1.54) is 0 Å². The van der Waals surface area contributed by atoms with Gasteiger partial charge in [-0.2, -0.15) is 0 Å². The van der Waals surface area contributed by atoms with E-state index in [9.17, 15) is 4.79 Å². The molecule has 0 radical (unpaired) electrons. The minimum absolute atomic E-state index is 0.185. The van der Waals surface area contributed by atoms with Gasteiger partial charge in [0.2, 0.25) is 0 Å². The summed E-state index contributed by atoms with van der Waals surface area (Å²) in [7, 11) is 1.60. The predicted molar refractivity (Wildman–Crippen MR) is 97.5 cm³/mol. The Hall–Kier alpha value is -2.89. The molecule has 1 saturated carbocycles. The zero-order valence-electron chi connectivity index (χ0n) is 15.1. The Labute approximate surface area is 151 Å². The van der Waals surface area contributed by atoms with Crippen molar-refractivity contribution in [1.29, 1.82) is 0 Å². The van der Waals surface area contributed by atoms with Crippen LogP contribution in [0.3, 0.4) is 0 Å². The number of imidazole rings is 1. The van der Waals surface area contributed by atoms with Gasteiger partial charge in [-0.15, -0.1) is 0 Å². The van der Waals surface area contributed by atoms with Crippen LogP contribution >= 0.6 is 0 Å². The molecule has 0 spiro atoms. The van der Waals surface area contributed by atoms with Crippen LogP contribution < -0.4 is 4.74 Å². The zero-order chi connectivity index (χ0) is 18.3. The highest BCUT2D eigenvalue weighted by atomic mass is 16.5. The monoisotopic (exact) mass is 351 g/mol. The molecule has 0 N–H and O–H groups in total. The van der Waals surface area contributed by atoms with E-state index in [2.05, 4.69) is 4.98 Å². The van der Waals surface area contributed by atoms with Crippen LogP contribution in [0, 0.1) is 0 Å². The van der Waals surface area contributed by atoms with Crippen molar-refractivity contribution in [3.63, 3.8) is 0 Å². The second-order valence-electron chi connectivity index (χ2n) is 6.77. The Morgan fingerprint density at radius 1 is 1.27 bits per heavy atom. The van der Waals surface area contributed by atoms with Gasteiger partial charge in [0.25, 0.3) is 0 Å². The third-order valence-electron chi connectivity index (χ3n) is 4.38. The van der Waals surface area contributed by atoms with Gasteiger partial charge in [-0.1, -0.05) is 6.07 Å². The van der Waals surface area contributed by atoms with E-state index in [1.54, 1.807) is 25.4 Å². The number of methoxy groups -OCH3 is 1. The van der Waals surface area contributed by atoms with Crippen LogP contribution in [0.15, 0.2) is 36.5 Å². The van der Waals surface area contributed by atoms with Crippen LogP contribution in [0.4, 0.5) is 0 Å². The Bertz CT molecular complexity index is 959. The fraction of sp³-hybridized carbons (Fsp3) is 0.350. The molecule has 6 nitrogen and oxygen atoms in total. The highest BCUT2D eigenvalue weighted by Gasteiger charge is 2.33. The lowest BCUT2D eigenvalue weighted by Gasteiger charge is -2.12. The number of carbonyl (C=O) groups excluding carboxylic acids is 1. The number of aromatic nitrogens is 3. The molecule has 6 heteroatoms. The molecule has 4 rings (SSSR count). The molecular weight excluding hydrogens is 330 g/mol. The molecule has 0 amide bonds. The lowest BCUT2D eigenvalue weighted by Crippen LogP contribution is -2.12. The quantitative estimate of drug-likeness (QED) is 0.653. The molecule has 0 bridgehead atoms. The number of esters is 1.